The van der Waals surface area contributed by atoms with E-state index in [4.69, 9.17) is 0 Å². The topological polar surface area (TPSA) is 71.4 Å². The minimum Gasteiger partial charge on any atom is -0.324 e. The molecule has 0 bridgehead atoms. The van der Waals surface area contributed by atoms with E-state index in [0.717, 1.165) is 5.39 Å². The first-order valence-corrected chi connectivity index (χ1v) is 9.13. The van der Waals surface area contributed by atoms with Gasteiger partial charge < -0.3 is 9.88 Å². The molecule has 28 heavy (non-hydrogen) atoms. The first-order valence-electron chi connectivity index (χ1n) is 9.13. The van der Waals surface area contributed by atoms with Crippen molar-refractivity contribution in [1.29, 1.82) is 0 Å². The molecule has 0 fully saturated rings. The van der Waals surface area contributed by atoms with Crippen LogP contribution in [-0.4, -0.2) is 22.9 Å². The fraction of sp³-hybridized carbons (Fsp3) is 0.227. The van der Waals surface area contributed by atoms with Crippen LogP contribution in [0.5, 0.6) is 0 Å². The van der Waals surface area contributed by atoms with Crippen LogP contribution in [0.1, 0.15) is 31.1 Å². The molecule has 0 saturated carbocycles. The van der Waals surface area contributed by atoms with Crippen LogP contribution in [0.3, 0.4) is 0 Å². The Balaban J connectivity index is 2.03. The molecule has 2 aromatic carbocycles. The molecule has 1 aliphatic rings. The summed E-state index contributed by atoms with van der Waals surface area (Å²) in [5.74, 6) is -0.712. The van der Waals surface area contributed by atoms with Gasteiger partial charge in [0.25, 0.3) is 11.5 Å². The summed E-state index contributed by atoms with van der Waals surface area (Å²) >= 11 is 0. The lowest BCUT2D eigenvalue weighted by atomic mass is 10.0. The summed E-state index contributed by atoms with van der Waals surface area (Å²) in [7, 11) is 0. The molecule has 2 amide bonds. The number of fused-ring (bicyclic) bond motifs is 2. The van der Waals surface area contributed by atoms with Gasteiger partial charge in [0, 0.05) is 22.5 Å². The zero-order valence-corrected chi connectivity index (χ0v) is 16.0. The number of aromatic nitrogens is 1. The lowest BCUT2D eigenvalue weighted by molar-refractivity contribution is -0.114. The molecular formula is C22H21N3O3. The Morgan fingerprint density at radius 2 is 1.61 bits per heavy atom. The molecule has 0 saturated heterocycles. The van der Waals surface area contributed by atoms with Crippen LogP contribution in [0.15, 0.2) is 59.5 Å². The van der Waals surface area contributed by atoms with Crippen molar-refractivity contribution < 1.29 is 9.59 Å². The quantitative estimate of drug-likeness (QED) is 0.709. The number of amides is 2. The van der Waals surface area contributed by atoms with Crippen molar-refractivity contribution in [2.45, 2.75) is 26.3 Å². The molecule has 0 radical (unpaired) electrons. The van der Waals surface area contributed by atoms with Crippen LogP contribution in [0.4, 0.5) is 11.4 Å². The average molecular weight is 375 g/mol. The maximum atomic E-state index is 13.4. The van der Waals surface area contributed by atoms with E-state index < -0.39 is 5.54 Å². The summed E-state index contributed by atoms with van der Waals surface area (Å²) in [4.78, 5) is 40.6. The van der Waals surface area contributed by atoms with E-state index in [2.05, 4.69) is 5.32 Å². The van der Waals surface area contributed by atoms with Crippen LogP contribution in [-0.2, 0) is 10.3 Å². The number of benzene rings is 2. The minimum atomic E-state index is -0.481. The van der Waals surface area contributed by atoms with Crippen LogP contribution in [0.2, 0.25) is 0 Å². The highest BCUT2D eigenvalue weighted by Crippen LogP contribution is 2.29. The second kappa shape index (κ2) is 6.34. The molecule has 1 aromatic heterocycles. The number of anilines is 2. The van der Waals surface area contributed by atoms with Crippen molar-refractivity contribution >= 4 is 34.0 Å². The van der Waals surface area contributed by atoms with Gasteiger partial charge in [0.15, 0.2) is 0 Å². The standard InChI is InChI=1S/C22H21N3O3/c1-22(2,3)25-12-14-8-4-5-9-15(14)19(21(25)28)24-13-18(26)23-17-11-7-6-10-16(17)20(24)27/h4-12H,13H2,1-3H3,(H,23,26). The van der Waals surface area contributed by atoms with Gasteiger partial charge in [0.05, 0.1) is 11.3 Å². The molecule has 0 aliphatic carbocycles. The predicted molar refractivity (Wildman–Crippen MR) is 110 cm³/mol. The number of carbonyl (C=O) groups is 2. The normalized spacial score (nSPS) is 14.6. The number of nitrogens with zero attached hydrogens (tertiary/aromatic N) is 2. The van der Waals surface area contributed by atoms with E-state index in [-0.39, 0.29) is 29.6 Å². The Labute approximate surface area is 162 Å². The number of carbonyl (C=O) groups excluding carboxylic acids is 2. The van der Waals surface area contributed by atoms with Gasteiger partial charge in [-0.2, -0.15) is 0 Å². The van der Waals surface area contributed by atoms with Gasteiger partial charge in [-0.05, 0) is 32.9 Å². The first-order chi connectivity index (χ1) is 13.3. The maximum Gasteiger partial charge on any atom is 0.275 e. The van der Waals surface area contributed by atoms with Crippen molar-refractivity contribution in [3.63, 3.8) is 0 Å². The third-order valence-electron chi connectivity index (χ3n) is 4.88. The number of pyridine rings is 1. The molecule has 6 heteroatoms. The molecule has 6 nitrogen and oxygen atoms in total. The Morgan fingerprint density at radius 3 is 2.36 bits per heavy atom. The summed E-state index contributed by atoms with van der Waals surface area (Å²) in [6, 6.07) is 14.3. The number of para-hydroxylation sites is 1. The van der Waals surface area contributed by atoms with Crippen molar-refractivity contribution in [3.8, 4) is 0 Å². The summed E-state index contributed by atoms with van der Waals surface area (Å²) < 4.78 is 1.62. The molecule has 0 spiro atoms. The van der Waals surface area contributed by atoms with Gasteiger partial charge >= 0.3 is 0 Å². The van der Waals surface area contributed by atoms with E-state index in [1.807, 2.05) is 39.0 Å². The molecule has 0 atom stereocenters. The third kappa shape index (κ3) is 2.87. The van der Waals surface area contributed by atoms with Crippen LogP contribution >= 0.6 is 0 Å². The summed E-state index contributed by atoms with van der Waals surface area (Å²) in [5, 5.41) is 4.23. The fourth-order valence-corrected chi connectivity index (χ4v) is 3.52. The van der Waals surface area contributed by atoms with E-state index >= 15 is 0 Å². The first kappa shape index (κ1) is 18.0. The van der Waals surface area contributed by atoms with Crippen molar-refractivity contribution in [2.24, 2.45) is 0 Å². The Bertz CT molecular complexity index is 1170. The molecular weight excluding hydrogens is 354 g/mol. The lowest BCUT2D eigenvalue weighted by Gasteiger charge is -2.27. The van der Waals surface area contributed by atoms with Crippen molar-refractivity contribution in [3.05, 3.63) is 70.6 Å². The SMILES string of the molecule is CC(C)(C)n1cc2ccccc2c(N2CC(=O)Nc3ccccc3C2=O)c1=O. The highest BCUT2D eigenvalue weighted by molar-refractivity contribution is 6.19. The summed E-state index contributed by atoms with van der Waals surface area (Å²) in [6.45, 7) is 5.57. The van der Waals surface area contributed by atoms with Gasteiger partial charge in [0.1, 0.15) is 12.2 Å². The molecule has 1 aliphatic heterocycles. The Kier molecular flexibility index (Phi) is 4.07. The lowest BCUT2D eigenvalue weighted by Crippen LogP contribution is -2.42. The third-order valence-corrected chi connectivity index (χ3v) is 4.88. The largest absolute Gasteiger partial charge is 0.324 e. The van der Waals surface area contributed by atoms with Gasteiger partial charge in [-0.3, -0.25) is 19.3 Å². The summed E-state index contributed by atoms with van der Waals surface area (Å²) in [6.07, 6.45) is 1.80. The van der Waals surface area contributed by atoms with E-state index in [1.54, 1.807) is 41.1 Å². The van der Waals surface area contributed by atoms with Crippen molar-refractivity contribution in [1.82, 2.24) is 4.57 Å². The highest BCUT2D eigenvalue weighted by Gasteiger charge is 2.31. The zero-order chi connectivity index (χ0) is 20.1. The monoisotopic (exact) mass is 375 g/mol. The number of nitrogens with one attached hydrogen (secondary N) is 1. The molecule has 0 unspecified atom stereocenters. The van der Waals surface area contributed by atoms with Crippen molar-refractivity contribution in [2.75, 3.05) is 16.8 Å². The van der Waals surface area contributed by atoms with Crippen LogP contribution < -0.4 is 15.8 Å². The number of hydrogen-bond acceptors (Lipinski definition) is 3. The molecule has 4 rings (SSSR count). The van der Waals surface area contributed by atoms with Gasteiger partial charge in [-0.25, -0.2) is 0 Å². The molecule has 3 aromatic rings. The molecule has 2 heterocycles. The van der Waals surface area contributed by atoms with Gasteiger partial charge in [-0.1, -0.05) is 36.4 Å². The molecule has 142 valence electrons. The minimum absolute atomic E-state index is 0.221. The molecule has 1 N–H and O–H groups in total. The number of hydrogen-bond donors (Lipinski definition) is 1. The Hall–Kier alpha value is -3.41. The van der Waals surface area contributed by atoms with Crippen LogP contribution in [0, 0.1) is 0 Å². The Morgan fingerprint density at radius 1 is 0.929 bits per heavy atom. The van der Waals surface area contributed by atoms with Gasteiger partial charge in [0.2, 0.25) is 5.91 Å². The average Bonchev–Trinajstić information content (AvgIpc) is 2.77. The van der Waals surface area contributed by atoms with E-state index in [0.29, 0.717) is 16.6 Å². The highest BCUT2D eigenvalue weighted by atomic mass is 16.2. The van der Waals surface area contributed by atoms with E-state index in [9.17, 15) is 14.4 Å². The second-order valence-electron chi connectivity index (χ2n) is 7.90. The van der Waals surface area contributed by atoms with Crippen LogP contribution in [0.25, 0.3) is 10.8 Å². The predicted octanol–water partition coefficient (Wildman–Crippen LogP) is 3.36. The summed E-state index contributed by atoms with van der Waals surface area (Å²) in [5.41, 5.74) is 0.265. The maximum absolute atomic E-state index is 13.4. The fourth-order valence-electron chi connectivity index (χ4n) is 3.52. The second-order valence-corrected chi connectivity index (χ2v) is 7.90. The number of rotatable bonds is 1. The van der Waals surface area contributed by atoms with E-state index in [1.165, 1.54) is 4.90 Å². The smallest absolute Gasteiger partial charge is 0.275 e. The zero-order valence-electron chi connectivity index (χ0n) is 16.0. The van der Waals surface area contributed by atoms with Gasteiger partial charge in [-0.15, -0.1) is 0 Å².